The van der Waals surface area contributed by atoms with Gasteiger partial charge in [-0.15, -0.1) is 6.58 Å². The van der Waals surface area contributed by atoms with Crippen LogP contribution in [-0.2, 0) is 9.53 Å². The molecule has 0 aliphatic heterocycles. The second-order valence-electron chi connectivity index (χ2n) is 3.78. The predicted molar refractivity (Wildman–Crippen MR) is 72.8 cm³/mol. The maximum Gasteiger partial charge on any atom is 0.305 e. The summed E-state index contributed by atoms with van der Waals surface area (Å²) in [6, 6.07) is 0. The first kappa shape index (κ1) is 15.7. The van der Waals surface area contributed by atoms with Crippen molar-refractivity contribution in [3.8, 4) is 0 Å². The lowest BCUT2D eigenvalue weighted by Gasteiger charge is -1.97. The van der Waals surface area contributed by atoms with Crippen LogP contribution in [0.3, 0.4) is 0 Å². The smallest absolute Gasteiger partial charge is 0.305 e. The Bertz CT molecular complexity index is 252. The molecule has 0 saturated carbocycles. The van der Waals surface area contributed by atoms with Gasteiger partial charge in [0.2, 0.25) is 0 Å². The van der Waals surface area contributed by atoms with Gasteiger partial charge in [0.1, 0.15) is 6.61 Å². The molecule has 0 aromatic rings. The second kappa shape index (κ2) is 12.8. The first-order chi connectivity index (χ1) is 8.31. The van der Waals surface area contributed by atoms with E-state index in [0.29, 0.717) is 13.0 Å². The summed E-state index contributed by atoms with van der Waals surface area (Å²) in [6.07, 6.45) is 16.2. The van der Waals surface area contributed by atoms with Gasteiger partial charge < -0.3 is 4.74 Å². The number of allylic oxidation sites excluding steroid dienone is 4. The normalized spacial score (nSPS) is 11.1. The average Bonchev–Trinajstić information content (AvgIpc) is 2.35. The van der Waals surface area contributed by atoms with Crippen molar-refractivity contribution in [1.82, 2.24) is 0 Å². The molecule has 0 N–H and O–H groups in total. The first-order valence-corrected chi connectivity index (χ1v) is 6.37. The molecule has 0 fully saturated rings. The summed E-state index contributed by atoms with van der Waals surface area (Å²) >= 11 is 0. The minimum atomic E-state index is -0.139. The Labute approximate surface area is 105 Å². The summed E-state index contributed by atoms with van der Waals surface area (Å²) in [4.78, 5) is 10.8. The van der Waals surface area contributed by atoms with Crippen molar-refractivity contribution in [2.75, 3.05) is 6.61 Å². The number of carbonyl (C=O) groups is 1. The van der Waals surface area contributed by atoms with Crippen LogP contribution in [-0.4, -0.2) is 12.6 Å². The number of rotatable bonds is 10. The highest BCUT2D eigenvalue weighted by molar-refractivity contribution is 5.68. The summed E-state index contributed by atoms with van der Waals surface area (Å²) in [5.74, 6) is -0.139. The third kappa shape index (κ3) is 12.6. The summed E-state index contributed by atoms with van der Waals surface area (Å²) in [7, 11) is 0. The summed E-state index contributed by atoms with van der Waals surface area (Å²) < 4.78 is 4.91. The van der Waals surface area contributed by atoms with E-state index in [-0.39, 0.29) is 5.97 Å². The molecule has 0 heterocycles. The van der Waals surface area contributed by atoms with E-state index >= 15 is 0 Å². The fraction of sp³-hybridized carbons (Fsp3) is 0.533. The minimum Gasteiger partial charge on any atom is -0.461 e. The largest absolute Gasteiger partial charge is 0.461 e. The monoisotopic (exact) mass is 236 g/mol. The Morgan fingerprint density at radius 2 is 1.71 bits per heavy atom. The Morgan fingerprint density at radius 3 is 2.35 bits per heavy atom. The van der Waals surface area contributed by atoms with Gasteiger partial charge in [-0.1, -0.05) is 37.3 Å². The zero-order chi connectivity index (χ0) is 12.8. The molecule has 0 spiro atoms. The van der Waals surface area contributed by atoms with E-state index in [4.69, 9.17) is 4.74 Å². The lowest BCUT2D eigenvalue weighted by atomic mass is 10.2. The van der Waals surface area contributed by atoms with Crippen LogP contribution in [0.1, 0.15) is 45.4 Å². The van der Waals surface area contributed by atoms with Crippen LogP contribution in [0.2, 0.25) is 0 Å². The van der Waals surface area contributed by atoms with Crippen molar-refractivity contribution in [3.63, 3.8) is 0 Å². The highest BCUT2D eigenvalue weighted by atomic mass is 16.5. The quantitative estimate of drug-likeness (QED) is 0.323. The first-order valence-electron chi connectivity index (χ1n) is 6.37. The van der Waals surface area contributed by atoms with Gasteiger partial charge in [-0.2, -0.15) is 0 Å². The topological polar surface area (TPSA) is 26.3 Å². The molecule has 0 bridgehead atoms. The molecule has 0 rings (SSSR count). The SMILES string of the molecule is C=CCCC=CCCCC=CCOC(=O)CC. The molecule has 0 aliphatic carbocycles. The van der Waals surface area contributed by atoms with Crippen LogP contribution in [0.25, 0.3) is 0 Å². The van der Waals surface area contributed by atoms with Gasteiger partial charge in [0.15, 0.2) is 0 Å². The molecule has 0 aromatic carbocycles. The number of ether oxygens (including phenoxy) is 1. The number of hydrogen-bond donors (Lipinski definition) is 0. The standard InChI is InChI=1S/C15H24O2/c1-3-5-6-7-8-9-10-11-12-13-14-17-15(16)4-2/h3,7-8,12-13H,1,4-6,9-11,14H2,2H3. The minimum absolute atomic E-state index is 0.139. The highest BCUT2D eigenvalue weighted by Gasteiger charge is 1.93. The molecule has 2 heteroatoms. The van der Waals surface area contributed by atoms with Gasteiger partial charge >= 0.3 is 5.97 Å². The number of unbranched alkanes of at least 4 members (excludes halogenated alkanes) is 3. The van der Waals surface area contributed by atoms with Gasteiger partial charge in [0, 0.05) is 6.42 Å². The highest BCUT2D eigenvalue weighted by Crippen LogP contribution is 2.00. The Morgan fingerprint density at radius 1 is 1.06 bits per heavy atom. The lowest BCUT2D eigenvalue weighted by molar-refractivity contribution is -0.141. The fourth-order valence-corrected chi connectivity index (χ4v) is 1.23. The van der Waals surface area contributed by atoms with Crippen LogP contribution < -0.4 is 0 Å². The van der Waals surface area contributed by atoms with E-state index in [0.717, 1.165) is 32.1 Å². The van der Waals surface area contributed by atoms with Gasteiger partial charge in [-0.3, -0.25) is 4.79 Å². The van der Waals surface area contributed by atoms with Gasteiger partial charge in [0.05, 0.1) is 0 Å². The van der Waals surface area contributed by atoms with E-state index in [2.05, 4.69) is 24.8 Å². The van der Waals surface area contributed by atoms with Gasteiger partial charge in [0.25, 0.3) is 0 Å². The van der Waals surface area contributed by atoms with E-state index in [1.165, 1.54) is 0 Å². The molecule has 2 nitrogen and oxygen atoms in total. The van der Waals surface area contributed by atoms with E-state index in [9.17, 15) is 4.79 Å². The second-order valence-corrected chi connectivity index (χ2v) is 3.78. The van der Waals surface area contributed by atoms with Crippen molar-refractivity contribution in [2.24, 2.45) is 0 Å². The van der Waals surface area contributed by atoms with Crippen molar-refractivity contribution >= 4 is 5.97 Å². The molecule has 0 unspecified atom stereocenters. The fourth-order valence-electron chi connectivity index (χ4n) is 1.23. The maximum atomic E-state index is 10.8. The summed E-state index contributed by atoms with van der Waals surface area (Å²) in [5, 5.41) is 0. The maximum absolute atomic E-state index is 10.8. The number of esters is 1. The molecule has 0 aromatic heterocycles. The van der Waals surface area contributed by atoms with E-state index in [1.54, 1.807) is 6.92 Å². The van der Waals surface area contributed by atoms with Crippen LogP contribution >= 0.6 is 0 Å². The Balaban J connectivity index is 3.27. The number of carbonyl (C=O) groups excluding carboxylic acids is 1. The Kier molecular flexibility index (Phi) is 11.8. The third-order valence-corrected chi connectivity index (χ3v) is 2.24. The van der Waals surface area contributed by atoms with Gasteiger partial charge in [-0.25, -0.2) is 0 Å². The third-order valence-electron chi connectivity index (χ3n) is 2.24. The van der Waals surface area contributed by atoms with Crippen LogP contribution in [0.4, 0.5) is 0 Å². The van der Waals surface area contributed by atoms with Crippen molar-refractivity contribution in [2.45, 2.75) is 45.4 Å². The lowest BCUT2D eigenvalue weighted by Crippen LogP contribution is -2.01. The molecule has 0 saturated heterocycles. The molecule has 0 aliphatic rings. The number of hydrogen-bond acceptors (Lipinski definition) is 2. The average molecular weight is 236 g/mol. The van der Waals surface area contributed by atoms with Gasteiger partial charge in [-0.05, 0) is 32.1 Å². The molecule has 17 heavy (non-hydrogen) atoms. The molecule has 96 valence electrons. The Hall–Kier alpha value is -1.31. The molecular formula is C15H24O2. The van der Waals surface area contributed by atoms with Crippen molar-refractivity contribution in [1.29, 1.82) is 0 Å². The predicted octanol–water partition coefficient (Wildman–Crippen LogP) is 4.19. The van der Waals surface area contributed by atoms with E-state index < -0.39 is 0 Å². The zero-order valence-corrected chi connectivity index (χ0v) is 10.9. The molecular weight excluding hydrogens is 212 g/mol. The van der Waals surface area contributed by atoms with E-state index in [1.807, 2.05) is 12.2 Å². The zero-order valence-electron chi connectivity index (χ0n) is 10.9. The van der Waals surface area contributed by atoms with Crippen LogP contribution in [0.5, 0.6) is 0 Å². The summed E-state index contributed by atoms with van der Waals surface area (Å²) in [5.41, 5.74) is 0. The summed E-state index contributed by atoms with van der Waals surface area (Å²) in [6.45, 7) is 5.88. The van der Waals surface area contributed by atoms with Crippen molar-refractivity contribution < 1.29 is 9.53 Å². The molecule has 0 atom stereocenters. The van der Waals surface area contributed by atoms with Crippen molar-refractivity contribution in [3.05, 3.63) is 37.0 Å². The molecule has 0 radical (unpaired) electrons. The molecule has 0 amide bonds. The van der Waals surface area contributed by atoms with Crippen LogP contribution in [0.15, 0.2) is 37.0 Å². The van der Waals surface area contributed by atoms with Crippen LogP contribution in [0, 0.1) is 0 Å².